The Morgan fingerprint density at radius 2 is 2.17 bits per heavy atom. The number of likely N-dealkylation sites (N-methyl/N-ethyl adjacent to an activating group) is 1. The summed E-state index contributed by atoms with van der Waals surface area (Å²) in [6, 6.07) is 2.40. The lowest BCUT2D eigenvalue weighted by Crippen LogP contribution is -2.44. The van der Waals surface area contributed by atoms with Gasteiger partial charge >= 0.3 is 0 Å². The first-order chi connectivity index (χ1) is 8.65. The Labute approximate surface area is 107 Å². The highest BCUT2D eigenvalue weighted by atomic mass is 15.1. The zero-order valence-electron chi connectivity index (χ0n) is 11.0. The van der Waals surface area contributed by atoms with E-state index in [1.165, 1.54) is 16.5 Å². The van der Waals surface area contributed by atoms with Crippen LogP contribution < -0.4 is 5.73 Å². The molecule has 4 nitrogen and oxygen atoms in total. The van der Waals surface area contributed by atoms with Gasteiger partial charge in [0.15, 0.2) is 0 Å². The summed E-state index contributed by atoms with van der Waals surface area (Å²) in [5.41, 5.74) is 8.76. The van der Waals surface area contributed by atoms with Crippen LogP contribution in [-0.4, -0.2) is 40.6 Å². The molecule has 0 saturated carbocycles. The van der Waals surface area contributed by atoms with Crippen LogP contribution in [0.5, 0.6) is 0 Å². The number of aromatic nitrogens is 2. The Bertz CT molecular complexity index is 550. The van der Waals surface area contributed by atoms with Gasteiger partial charge < -0.3 is 15.2 Å². The van der Waals surface area contributed by atoms with Crippen molar-refractivity contribution < 1.29 is 0 Å². The molecule has 18 heavy (non-hydrogen) atoms. The standard InChI is InChI=1S/C14H20N4/c1-17-7-10(5-11(15)8-17)13-9-18(2)14-6-16-4-3-12(13)14/h3-4,6,9-11H,5,7-8,15H2,1-2H3. The largest absolute Gasteiger partial charge is 0.349 e. The molecule has 0 spiro atoms. The molecule has 1 fully saturated rings. The normalized spacial score (nSPS) is 25.7. The van der Waals surface area contributed by atoms with Crippen LogP contribution in [0.2, 0.25) is 0 Å². The summed E-state index contributed by atoms with van der Waals surface area (Å²) in [5.74, 6) is 0.532. The molecule has 2 N–H and O–H groups in total. The van der Waals surface area contributed by atoms with Crippen molar-refractivity contribution in [3.8, 4) is 0 Å². The zero-order valence-corrected chi connectivity index (χ0v) is 11.0. The molecule has 1 aliphatic heterocycles. The summed E-state index contributed by atoms with van der Waals surface area (Å²) in [6.07, 6.45) is 7.12. The third-order valence-corrected chi connectivity index (χ3v) is 3.93. The van der Waals surface area contributed by atoms with Crippen LogP contribution in [0.25, 0.3) is 10.9 Å². The minimum Gasteiger partial charge on any atom is -0.349 e. The number of hydrogen-bond acceptors (Lipinski definition) is 3. The minimum atomic E-state index is 0.283. The van der Waals surface area contributed by atoms with Crippen molar-refractivity contribution in [1.29, 1.82) is 0 Å². The summed E-state index contributed by atoms with van der Waals surface area (Å²) >= 11 is 0. The van der Waals surface area contributed by atoms with E-state index in [1.807, 2.05) is 12.4 Å². The van der Waals surface area contributed by atoms with Gasteiger partial charge in [0.05, 0.1) is 11.7 Å². The van der Waals surface area contributed by atoms with E-state index < -0.39 is 0 Å². The Morgan fingerprint density at radius 3 is 2.94 bits per heavy atom. The molecular weight excluding hydrogens is 224 g/mol. The molecule has 0 amide bonds. The van der Waals surface area contributed by atoms with Crippen LogP contribution in [0, 0.1) is 0 Å². The van der Waals surface area contributed by atoms with Crippen LogP contribution in [0.3, 0.4) is 0 Å². The topological polar surface area (TPSA) is 47.1 Å². The molecular formula is C14H20N4. The van der Waals surface area contributed by atoms with Gasteiger partial charge in [0.1, 0.15) is 0 Å². The summed E-state index contributed by atoms with van der Waals surface area (Å²) in [4.78, 5) is 6.54. The molecule has 2 aromatic heterocycles. The lowest BCUT2D eigenvalue weighted by Gasteiger charge is -2.33. The quantitative estimate of drug-likeness (QED) is 0.823. The van der Waals surface area contributed by atoms with Gasteiger partial charge in [0.2, 0.25) is 0 Å². The highest BCUT2D eigenvalue weighted by Gasteiger charge is 2.26. The molecule has 0 aromatic carbocycles. The molecule has 2 atom stereocenters. The second-order valence-corrected chi connectivity index (χ2v) is 5.50. The molecule has 3 rings (SSSR count). The van der Waals surface area contributed by atoms with Crippen molar-refractivity contribution in [3.63, 3.8) is 0 Å². The molecule has 1 saturated heterocycles. The zero-order chi connectivity index (χ0) is 12.7. The number of piperidine rings is 1. The van der Waals surface area contributed by atoms with Gasteiger partial charge in [-0.05, 0) is 25.1 Å². The maximum absolute atomic E-state index is 6.14. The number of likely N-dealkylation sites (tertiary alicyclic amines) is 1. The molecule has 2 aromatic rings. The van der Waals surface area contributed by atoms with Gasteiger partial charge in [-0.3, -0.25) is 4.98 Å². The lowest BCUT2D eigenvalue weighted by atomic mass is 9.88. The van der Waals surface area contributed by atoms with E-state index in [-0.39, 0.29) is 6.04 Å². The van der Waals surface area contributed by atoms with Crippen molar-refractivity contribution in [2.45, 2.75) is 18.4 Å². The molecule has 0 radical (unpaired) electrons. The van der Waals surface area contributed by atoms with Gasteiger partial charge in [0.25, 0.3) is 0 Å². The number of rotatable bonds is 1. The highest BCUT2D eigenvalue weighted by Crippen LogP contribution is 2.32. The molecule has 2 unspecified atom stereocenters. The fraction of sp³-hybridized carbons (Fsp3) is 0.500. The maximum atomic E-state index is 6.14. The Hall–Kier alpha value is -1.39. The molecule has 96 valence electrons. The van der Waals surface area contributed by atoms with Crippen molar-refractivity contribution in [3.05, 3.63) is 30.2 Å². The molecule has 1 aliphatic rings. The van der Waals surface area contributed by atoms with E-state index in [1.54, 1.807) is 0 Å². The first-order valence-electron chi connectivity index (χ1n) is 6.48. The van der Waals surface area contributed by atoms with Crippen molar-refractivity contribution in [2.75, 3.05) is 20.1 Å². The summed E-state index contributed by atoms with van der Waals surface area (Å²) in [6.45, 7) is 2.10. The van der Waals surface area contributed by atoms with Gasteiger partial charge in [-0.15, -0.1) is 0 Å². The minimum absolute atomic E-state index is 0.283. The van der Waals surface area contributed by atoms with Gasteiger partial charge in [-0.1, -0.05) is 0 Å². The predicted molar refractivity (Wildman–Crippen MR) is 73.5 cm³/mol. The molecule has 0 bridgehead atoms. The van der Waals surface area contributed by atoms with Crippen LogP contribution in [0.4, 0.5) is 0 Å². The number of hydrogen-bond donors (Lipinski definition) is 1. The smallest absolute Gasteiger partial charge is 0.0667 e. The fourth-order valence-corrected chi connectivity index (χ4v) is 3.18. The van der Waals surface area contributed by atoms with Crippen LogP contribution >= 0.6 is 0 Å². The second-order valence-electron chi connectivity index (χ2n) is 5.50. The first kappa shape index (κ1) is 11.7. The average molecular weight is 244 g/mol. The number of aryl methyl sites for hydroxylation is 1. The number of pyridine rings is 1. The van der Waals surface area contributed by atoms with Gasteiger partial charge in [-0.25, -0.2) is 0 Å². The van der Waals surface area contributed by atoms with Gasteiger partial charge in [-0.2, -0.15) is 0 Å². The van der Waals surface area contributed by atoms with Crippen molar-refractivity contribution in [1.82, 2.24) is 14.5 Å². The van der Waals surface area contributed by atoms with Crippen molar-refractivity contribution in [2.24, 2.45) is 12.8 Å². The molecule has 3 heterocycles. The predicted octanol–water partition coefficient (Wildman–Crippen LogP) is 1.32. The Kier molecular flexibility index (Phi) is 2.84. The van der Waals surface area contributed by atoms with E-state index in [2.05, 4.69) is 40.8 Å². The summed E-state index contributed by atoms with van der Waals surface area (Å²) in [7, 11) is 4.23. The number of nitrogens with zero attached hydrogens (tertiary/aromatic N) is 3. The summed E-state index contributed by atoms with van der Waals surface area (Å²) in [5, 5.41) is 1.32. The van der Waals surface area contributed by atoms with Crippen molar-refractivity contribution >= 4 is 10.9 Å². The molecule has 0 aliphatic carbocycles. The van der Waals surface area contributed by atoms with Crippen LogP contribution in [-0.2, 0) is 7.05 Å². The Balaban J connectivity index is 2.03. The van der Waals surface area contributed by atoms with Gasteiger partial charge in [0, 0.05) is 49.9 Å². The monoisotopic (exact) mass is 244 g/mol. The first-order valence-corrected chi connectivity index (χ1v) is 6.48. The van der Waals surface area contributed by atoms with E-state index >= 15 is 0 Å². The van der Waals surface area contributed by atoms with E-state index in [4.69, 9.17) is 5.73 Å². The number of fused-ring (bicyclic) bond motifs is 1. The lowest BCUT2D eigenvalue weighted by molar-refractivity contribution is 0.227. The Morgan fingerprint density at radius 1 is 1.33 bits per heavy atom. The molecule has 4 heteroatoms. The van der Waals surface area contributed by atoms with Crippen LogP contribution in [0.15, 0.2) is 24.7 Å². The van der Waals surface area contributed by atoms with E-state index in [9.17, 15) is 0 Å². The summed E-state index contributed by atoms with van der Waals surface area (Å²) < 4.78 is 2.16. The van der Waals surface area contributed by atoms with Crippen LogP contribution in [0.1, 0.15) is 17.9 Å². The fourth-order valence-electron chi connectivity index (χ4n) is 3.18. The SMILES string of the molecule is CN1CC(N)CC(c2cn(C)c3cnccc23)C1. The second kappa shape index (κ2) is 4.37. The van der Waals surface area contributed by atoms with E-state index in [0.717, 1.165) is 19.5 Å². The highest BCUT2D eigenvalue weighted by molar-refractivity contribution is 5.83. The maximum Gasteiger partial charge on any atom is 0.0667 e. The van der Waals surface area contributed by atoms with E-state index in [0.29, 0.717) is 5.92 Å². The number of nitrogens with two attached hydrogens (primary N) is 1. The average Bonchev–Trinajstić information content (AvgIpc) is 2.66. The third kappa shape index (κ3) is 1.91. The third-order valence-electron chi connectivity index (χ3n) is 3.93.